The van der Waals surface area contributed by atoms with Crippen LogP contribution >= 0.6 is 0 Å². The SMILES string of the molecule is CCc1nc(S(C)(=O)=O)ccc1OCC1CC1. The quantitative estimate of drug-likeness (QED) is 0.805. The van der Waals surface area contributed by atoms with Gasteiger partial charge in [-0.3, -0.25) is 0 Å². The highest BCUT2D eigenvalue weighted by Crippen LogP contribution is 2.30. The van der Waals surface area contributed by atoms with Crippen LogP contribution in [0.4, 0.5) is 0 Å². The average molecular weight is 255 g/mol. The van der Waals surface area contributed by atoms with Gasteiger partial charge in [0.25, 0.3) is 0 Å². The summed E-state index contributed by atoms with van der Waals surface area (Å²) in [5, 5.41) is 0.119. The van der Waals surface area contributed by atoms with E-state index in [0.29, 0.717) is 30.4 Å². The van der Waals surface area contributed by atoms with Crippen molar-refractivity contribution in [3.05, 3.63) is 17.8 Å². The van der Waals surface area contributed by atoms with Crippen molar-refractivity contribution in [3.8, 4) is 5.75 Å². The Balaban J connectivity index is 2.21. The predicted octanol–water partition coefficient (Wildman–Crippen LogP) is 1.84. The van der Waals surface area contributed by atoms with E-state index in [-0.39, 0.29) is 5.03 Å². The molecule has 0 unspecified atom stereocenters. The number of pyridine rings is 1. The van der Waals surface area contributed by atoms with Crippen molar-refractivity contribution in [1.82, 2.24) is 4.98 Å². The van der Waals surface area contributed by atoms with Gasteiger partial charge in [-0.15, -0.1) is 0 Å². The monoisotopic (exact) mass is 255 g/mol. The zero-order valence-corrected chi connectivity index (χ0v) is 11.0. The Labute approximate surface area is 102 Å². The van der Waals surface area contributed by atoms with Crippen LogP contribution in [0.15, 0.2) is 17.2 Å². The molecule has 2 rings (SSSR count). The van der Waals surface area contributed by atoms with Gasteiger partial charge >= 0.3 is 0 Å². The maximum Gasteiger partial charge on any atom is 0.192 e. The minimum absolute atomic E-state index is 0.119. The van der Waals surface area contributed by atoms with Crippen molar-refractivity contribution < 1.29 is 13.2 Å². The van der Waals surface area contributed by atoms with Gasteiger partial charge < -0.3 is 4.74 Å². The lowest BCUT2D eigenvalue weighted by molar-refractivity contribution is 0.295. The highest BCUT2D eigenvalue weighted by molar-refractivity contribution is 7.90. The molecule has 1 fully saturated rings. The van der Waals surface area contributed by atoms with Crippen molar-refractivity contribution >= 4 is 9.84 Å². The number of rotatable bonds is 5. The van der Waals surface area contributed by atoms with Gasteiger partial charge in [0.05, 0.1) is 12.3 Å². The summed E-state index contributed by atoms with van der Waals surface area (Å²) in [6.07, 6.45) is 4.30. The molecule has 94 valence electrons. The van der Waals surface area contributed by atoms with E-state index in [1.807, 2.05) is 6.92 Å². The molecule has 1 aliphatic carbocycles. The second kappa shape index (κ2) is 4.64. The van der Waals surface area contributed by atoms with Gasteiger partial charge in [-0.05, 0) is 37.3 Å². The van der Waals surface area contributed by atoms with Crippen molar-refractivity contribution in [2.75, 3.05) is 12.9 Å². The van der Waals surface area contributed by atoms with Crippen LogP contribution in [0, 0.1) is 5.92 Å². The van der Waals surface area contributed by atoms with Crippen molar-refractivity contribution in [3.63, 3.8) is 0 Å². The zero-order valence-electron chi connectivity index (χ0n) is 10.1. The summed E-state index contributed by atoms with van der Waals surface area (Å²) in [5.41, 5.74) is 0.716. The summed E-state index contributed by atoms with van der Waals surface area (Å²) in [5.74, 6) is 1.39. The van der Waals surface area contributed by atoms with E-state index >= 15 is 0 Å². The number of ether oxygens (including phenoxy) is 1. The van der Waals surface area contributed by atoms with Crippen LogP contribution in [-0.2, 0) is 16.3 Å². The summed E-state index contributed by atoms with van der Waals surface area (Å²) < 4.78 is 28.4. The molecule has 17 heavy (non-hydrogen) atoms. The molecule has 5 heteroatoms. The molecule has 1 aromatic rings. The third-order valence-corrected chi connectivity index (χ3v) is 3.78. The maximum absolute atomic E-state index is 11.4. The third kappa shape index (κ3) is 3.19. The summed E-state index contributed by atoms with van der Waals surface area (Å²) in [7, 11) is -3.24. The lowest BCUT2D eigenvalue weighted by Gasteiger charge is -2.10. The zero-order chi connectivity index (χ0) is 12.5. The Morgan fingerprint density at radius 2 is 2.12 bits per heavy atom. The topological polar surface area (TPSA) is 56.3 Å². The second-order valence-corrected chi connectivity index (χ2v) is 6.44. The Kier molecular flexibility index (Phi) is 3.38. The molecular weight excluding hydrogens is 238 g/mol. The number of hydrogen-bond donors (Lipinski definition) is 0. The van der Waals surface area contributed by atoms with E-state index in [1.165, 1.54) is 25.2 Å². The maximum atomic E-state index is 11.4. The molecule has 4 nitrogen and oxygen atoms in total. The van der Waals surface area contributed by atoms with E-state index in [2.05, 4.69) is 4.98 Å². The first-order valence-corrected chi connectivity index (χ1v) is 7.72. The van der Waals surface area contributed by atoms with Crippen LogP contribution in [0.3, 0.4) is 0 Å². The fourth-order valence-electron chi connectivity index (χ4n) is 1.55. The highest BCUT2D eigenvalue weighted by Gasteiger charge is 2.22. The number of hydrogen-bond acceptors (Lipinski definition) is 4. The van der Waals surface area contributed by atoms with Crippen molar-refractivity contribution in [2.45, 2.75) is 31.2 Å². The Hall–Kier alpha value is -1.10. The molecule has 0 atom stereocenters. The van der Waals surface area contributed by atoms with E-state index in [9.17, 15) is 8.42 Å². The minimum Gasteiger partial charge on any atom is -0.491 e. The van der Waals surface area contributed by atoms with Gasteiger partial charge in [-0.2, -0.15) is 0 Å². The number of aromatic nitrogens is 1. The summed E-state index contributed by atoms with van der Waals surface area (Å²) in [6.45, 7) is 2.66. The van der Waals surface area contributed by atoms with Gasteiger partial charge in [0.1, 0.15) is 5.75 Å². The molecule has 1 aliphatic rings. The number of nitrogens with zero attached hydrogens (tertiary/aromatic N) is 1. The van der Waals surface area contributed by atoms with Crippen LogP contribution in [0.5, 0.6) is 5.75 Å². The summed E-state index contributed by atoms with van der Waals surface area (Å²) >= 11 is 0. The van der Waals surface area contributed by atoms with Crippen molar-refractivity contribution in [2.24, 2.45) is 5.92 Å². The van der Waals surface area contributed by atoms with Crippen LogP contribution in [0.2, 0.25) is 0 Å². The highest BCUT2D eigenvalue weighted by atomic mass is 32.2. The molecular formula is C12H17NO3S. The van der Waals surface area contributed by atoms with E-state index < -0.39 is 9.84 Å². The normalized spacial score (nSPS) is 15.9. The molecule has 1 aromatic heterocycles. The van der Waals surface area contributed by atoms with Gasteiger partial charge in [-0.25, -0.2) is 13.4 Å². The fraction of sp³-hybridized carbons (Fsp3) is 0.583. The van der Waals surface area contributed by atoms with Crippen molar-refractivity contribution in [1.29, 1.82) is 0 Å². The number of sulfone groups is 1. The van der Waals surface area contributed by atoms with Gasteiger partial charge in [-0.1, -0.05) is 6.92 Å². The second-order valence-electron chi connectivity index (χ2n) is 4.47. The van der Waals surface area contributed by atoms with Gasteiger partial charge in [0, 0.05) is 6.26 Å². The minimum atomic E-state index is -3.24. The molecule has 0 saturated heterocycles. The molecule has 1 heterocycles. The molecule has 0 N–H and O–H groups in total. The van der Waals surface area contributed by atoms with Gasteiger partial charge in [0.2, 0.25) is 0 Å². The standard InChI is InChI=1S/C12H17NO3S/c1-3-10-11(16-8-9-4-5-9)6-7-12(13-10)17(2,14)15/h6-7,9H,3-5,8H2,1-2H3. The first kappa shape index (κ1) is 12.4. The van der Waals surface area contributed by atoms with Crippen LogP contribution in [0.25, 0.3) is 0 Å². The molecule has 0 bridgehead atoms. The fourth-order valence-corrected chi connectivity index (χ4v) is 2.14. The summed E-state index contributed by atoms with van der Waals surface area (Å²) in [6, 6.07) is 3.22. The first-order valence-electron chi connectivity index (χ1n) is 5.83. The Morgan fingerprint density at radius 3 is 2.65 bits per heavy atom. The lowest BCUT2D eigenvalue weighted by Crippen LogP contribution is -2.07. The average Bonchev–Trinajstić information content (AvgIpc) is 3.08. The Bertz CT molecular complexity index is 506. The van der Waals surface area contributed by atoms with Gasteiger partial charge in [0.15, 0.2) is 14.9 Å². The lowest BCUT2D eigenvalue weighted by atomic mass is 10.2. The molecule has 0 radical (unpaired) electrons. The van der Waals surface area contributed by atoms with E-state index in [0.717, 1.165) is 0 Å². The van der Waals surface area contributed by atoms with Crippen LogP contribution in [0.1, 0.15) is 25.5 Å². The molecule has 0 amide bonds. The molecule has 0 spiro atoms. The smallest absolute Gasteiger partial charge is 0.192 e. The predicted molar refractivity (Wildman–Crippen MR) is 64.9 cm³/mol. The Morgan fingerprint density at radius 1 is 1.41 bits per heavy atom. The van der Waals surface area contributed by atoms with Crippen LogP contribution < -0.4 is 4.74 Å². The third-order valence-electron chi connectivity index (χ3n) is 2.79. The molecule has 1 saturated carbocycles. The molecule has 0 aromatic carbocycles. The largest absolute Gasteiger partial charge is 0.491 e. The van der Waals surface area contributed by atoms with E-state index in [1.54, 1.807) is 6.07 Å². The van der Waals surface area contributed by atoms with Crippen LogP contribution in [-0.4, -0.2) is 26.3 Å². The molecule has 0 aliphatic heterocycles. The van der Waals surface area contributed by atoms with E-state index in [4.69, 9.17) is 4.74 Å². The first-order chi connectivity index (χ1) is 8.00. The summed E-state index contributed by atoms with van der Waals surface area (Å²) in [4.78, 5) is 4.15. The number of aryl methyl sites for hydroxylation is 1.